The average Bonchev–Trinajstić information content (AvgIpc) is 3.39. The number of nitrogens with zero attached hydrogens (tertiary/aromatic N) is 1. The summed E-state index contributed by atoms with van der Waals surface area (Å²) in [5.41, 5.74) is -2.94. The molecule has 8 nitrogen and oxygen atoms in total. The molecule has 0 saturated heterocycles. The van der Waals surface area contributed by atoms with E-state index in [1.165, 1.54) is 24.3 Å². The van der Waals surface area contributed by atoms with Gasteiger partial charge in [-0.1, -0.05) is 47.5 Å². The van der Waals surface area contributed by atoms with Gasteiger partial charge in [0.05, 0.1) is 12.2 Å². The first kappa shape index (κ1) is 36.0. The van der Waals surface area contributed by atoms with Crippen molar-refractivity contribution in [1.29, 1.82) is 0 Å². The molecule has 0 saturated carbocycles. The highest BCUT2D eigenvalue weighted by Gasteiger charge is 2.54. The van der Waals surface area contributed by atoms with Gasteiger partial charge in [-0.25, -0.2) is 4.99 Å². The average molecular weight is 696 g/mol. The second-order valence-corrected chi connectivity index (χ2v) is 12.7. The number of aliphatic hydroxyl groups excluding tert-OH is 1. The van der Waals surface area contributed by atoms with Gasteiger partial charge in [0.25, 0.3) is 5.91 Å². The van der Waals surface area contributed by atoms with Gasteiger partial charge >= 0.3 is 12.1 Å². The van der Waals surface area contributed by atoms with E-state index in [0.29, 0.717) is 34.9 Å². The van der Waals surface area contributed by atoms with Crippen molar-refractivity contribution < 1.29 is 42.1 Å². The molecule has 0 radical (unpaired) electrons. The van der Waals surface area contributed by atoms with Gasteiger partial charge in [0, 0.05) is 47.2 Å². The molecule has 47 heavy (non-hydrogen) atoms. The predicted octanol–water partition coefficient (Wildman–Crippen LogP) is 7.47. The summed E-state index contributed by atoms with van der Waals surface area (Å²) < 4.78 is 58.7. The van der Waals surface area contributed by atoms with Gasteiger partial charge in [-0.05, 0) is 75.2 Å². The van der Waals surface area contributed by atoms with Crippen LogP contribution in [0.3, 0.4) is 0 Å². The summed E-state index contributed by atoms with van der Waals surface area (Å²) in [6.45, 7) is 4.91. The molecule has 3 aromatic carbocycles. The summed E-state index contributed by atoms with van der Waals surface area (Å²) in [5.74, 6) is -0.831. The first-order valence-electron chi connectivity index (χ1n) is 14.8. The molecular weight excluding hydrogens is 660 g/mol. The lowest BCUT2D eigenvalue weighted by Crippen LogP contribution is -2.48. The molecule has 1 aliphatic heterocycles. The van der Waals surface area contributed by atoms with Crippen molar-refractivity contribution in [3.05, 3.63) is 99.0 Å². The Morgan fingerprint density at radius 1 is 1.04 bits per heavy atom. The van der Waals surface area contributed by atoms with E-state index in [2.05, 4.69) is 5.32 Å². The molecule has 1 amide bonds. The number of carbonyl (C=O) groups excluding carboxylic acids is 2. The Morgan fingerprint density at radius 2 is 1.74 bits per heavy atom. The minimum Gasteiger partial charge on any atom is -0.494 e. The first-order chi connectivity index (χ1) is 22.1. The number of benzene rings is 3. The number of hydrogen-bond donors (Lipinski definition) is 2. The van der Waals surface area contributed by atoms with Crippen molar-refractivity contribution in [2.24, 2.45) is 4.99 Å². The Hall–Kier alpha value is -3.80. The maximum atomic E-state index is 14.3. The van der Waals surface area contributed by atoms with Crippen LogP contribution >= 0.6 is 23.2 Å². The van der Waals surface area contributed by atoms with Gasteiger partial charge in [-0.15, -0.1) is 0 Å². The fourth-order valence-corrected chi connectivity index (χ4v) is 5.53. The molecule has 0 bridgehead atoms. The summed E-state index contributed by atoms with van der Waals surface area (Å²) in [6.07, 6.45) is -5.91. The van der Waals surface area contributed by atoms with Crippen LogP contribution in [0.5, 0.6) is 5.75 Å². The number of halogens is 5. The zero-order valence-corrected chi connectivity index (χ0v) is 27.5. The van der Waals surface area contributed by atoms with E-state index >= 15 is 0 Å². The maximum Gasteiger partial charge on any atom is 0.416 e. The van der Waals surface area contributed by atoms with Gasteiger partial charge < -0.3 is 24.6 Å². The SMILES string of the molecule is CC(C)(C)OC(=O)CC[C@@]1(C(=O)NCc2ccccc2C(F)(F)F)N=C(c2ccc(OCCCO)cc2)O[C@@H]1c1ccc(Cl)cc1Cl. The molecular formula is C34H35Cl2F3N2O6. The van der Waals surface area contributed by atoms with Crippen LogP contribution in [-0.2, 0) is 31.8 Å². The minimum absolute atomic E-state index is 0.0212. The van der Waals surface area contributed by atoms with Crippen LogP contribution in [0.4, 0.5) is 13.2 Å². The Bertz CT molecular complexity index is 1610. The van der Waals surface area contributed by atoms with Gasteiger partial charge in [-0.2, -0.15) is 13.2 Å². The Kier molecular flexibility index (Phi) is 11.5. The molecule has 1 heterocycles. The largest absolute Gasteiger partial charge is 0.494 e. The molecule has 0 unspecified atom stereocenters. The number of ether oxygens (including phenoxy) is 3. The number of amides is 1. The highest BCUT2D eigenvalue weighted by molar-refractivity contribution is 6.35. The summed E-state index contributed by atoms with van der Waals surface area (Å²) in [6, 6.07) is 16.2. The third-order valence-electron chi connectivity index (χ3n) is 7.17. The molecule has 2 N–H and O–H groups in total. The lowest BCUT2D eigenvalue weighted by molar-refractivity contribution is -0.155. The van der Waals surface area contributed by atoms with Crippen molar-refractivity contribution in [1.82, 2.24) is 5.32 Å². The van der Waals surface area contributed by atoms with Crippen molar-refractivity contribution in [2.75, 3.05) is 13.2 Å². The van der Waals surface area contributed by atoms with E-state index in [1.807, 2.05) is 0 Å². The number of aliphatic imine (C=N–C) groups is 1. The van der Waals surface area contributed by atoms with E-state index in [9.17, 15) is 22.8 Å². The molecule has 2 atom stereocenters. The molecule has 0 aromatic heterocycles. The van der Waals surface area contributed by atoms with Crippen molar-refractivity contribution in [2.45, 2.75) is 70.0 Å². The molecule has 1 aliphatic rings. The van der Waals surface area contributed by atoms with Crippen molar-refractivity contribution in [3.63, 3.8) is 0 Å². The van der Waals surface area contributed by atoms with E-state index in [-0.39, 0.29) is 35.9 Å². The molecule has 0 spiro atoms. The number of aliphatic hydroxyl groups is 1. The monoisotopic (exact) mass is 694 g/mol. The van der Waals surface area contributed by atoms with Crippen LogP contribution in [0.15, 0.2) is 71.7 Å². The zero-order chi connectivity index (χ0) is 34.4. The fourth-order valence-electron chi connectivity index (χ4n) is 5.03. The van der Waals surface area contributed by atoms with E-state index in [1.54, 1.807) is 57.2 Å². The number of rotatable bonds is 12. The van der Waals surface area contributed by atoms with E-state index in [4.69, 9.17) is 47.5 Å². The Balaban J connectivity index is 1.78. The van der Waals surface area contributed by atoms with Crippen molar-refractivity contribution in [3.8, 4) is 5.75 Å². The molecule has 3 aromatic rings. The topological polar surface area (TPSA) is 106 Å². The smallest absolute Gasteiger partial charge is 0.416 e. The third kappa shape index (κ3) is 9.18. The second-order valence-electron chi connectivity index (χ2n) is 11.9. The summed E-state index contributed by atoms with van der Waals surface area (Å²) in [7, 11) is 0. The van der Waals surface area contributed by atoms with E-state index < -0.39 is 47.4 Å². The Labute approximate surface area is 280 Å². The fraction of sp³-hybridized carbons (Fsp3) is 0.382. The standard InChI is InChI=1S/C34H35Cl2F3N2O6/c1-32(2,3)47-28(43)15-16-33(31(44)40-20-22-7-4-5-8-26(22)34(37,38)39)29(25-14-11-23(35)19-27(25)36)46-30(41-33)21-9-12-24(13-10-21)45-18-6-17-42/h4-5,7-14,19,29,42H,6,15-18,20H2,1-3H3,(H,40,44)/t29-,33-/m1/s1. The van der Waals surface area contributed by atoms with Crippen LogP contribution in [0.25, 0.3) is 0 Å². The van der Waals surface area contributed by atoms with Crippen LogP contribution in [0.2, 0.25) is 10.0 Å². The number of nitrogens with one attached hydrogen (secondary N) is 1. The highest BCUT2D eigenvalue weighted by atomic mass is 35.5. The van der Waals surface area contributed by atoms with Crippen LogP contribution in [-0.4, -0.2) is 47.2 Å². The van der Waals surface area contributed by atoms with Gasteiger partial charge in [0.1, 0.15) is 11.4 Å². The number of alkyl halides is 3. The molecule has 0 fully saturated rings. The van der Waals surface area contributed by atoms with Gasteiger partial charge in [-0.3, -0.25) is 9.59 Å². The van der Waals surface area contributed by atoms with Crippen LogP contribution in [0, 0.1) is 0 Å². The predicted molar refractivity (Wildman–Crippen MR) is 172 cm³/mol. The number of carbonyl (C=O) groups is 2. The summed E-state index contributed by atoms with van der Waals surface area (Å²) in [4.78, 5) is 32.0. The normalized spacial score (nSPS) is 17.9. The van der Waals surface area contributed by atoms with Crippen LogP contribution in [0.1, 0.15) is 68.4 Å². The minimum atomic E-state index is -4.65. The molecule has 0 aliphatic carbocycles. The third-order valence-corrected chi connectivity index (χ3v) is 7.73. The van der Waals surface area contributed by atoms with Crippen LogP contribution < -0.4 is 10.1 Å². The quantitative estimate of drug-likeness (QED) is 0.151. The molecule has 4 rings (SSSR count). The second kappa shape index (κ2) is 15.0. The maximum absolute atomic E-state index is 14.3. The number of esters is 1. The lowest BCUT2D eigenvalue weighted by atomic mass is 9.83. The highest BCUT2D eigenvalue weighted by Crippen LogP contribution is 2.46. The van der Waals surface area contributed by atoms with Crippen molar-refractivity contribution >= 4 is 41.0 Å². The first-order valence-corrected chi connectivity index (χ1v) is 15.6. The summed E-state index contributed by atoms with van der Waals surface area (Å²) >= 11 is 12.8. The lowest BCUT2D eigenvalue weighted by Gasteiger charge is -2.31. The van der Waals surface area contributed by atoms with Gasteiger partial charge in [0.15, 0.2) is 11.6 Å². The zero-order valence-electron chi connectivity index (χ0n) is 26.0. The molecule has 252 valence electrons. The summed E-state index contributed by atoms with van der Waals surface area (Å²) in [5, 5.41) is 12.1. The Morgan fingerprint density at radius 3 is 2.38 bits per heavy atom. The number of hydrogen-bond acceptors (Lipinski definition) is 7. The van der Waals surface area contributed by atoms with Gasteiger partial charge in [0.2, 0.25) is 5.90 Å². The molecule has 13 heteroatoms. The van der Waals surface area contributed by atoms with E-state index in [0.717, 1.165) is 6.07 Å².